The molecule has 1 amide bonds. The molecule has 0 rings (SSSR count). The fourth-order valence-corrected chi connectivity index (χ4v) is 1.14. The first-order chi connectivity index (χ1) is 6.18. The van der Waals surface area contributed by atoms with Gasteiger partial charge in [-0.05, 0) is 19.3 Å². The van der Waals surface area contributed by atoms with Gasteiger partial charge in [0.15, 0.2) is 0 Å². The van der Waals surface area contributed by atoms with Crippen LogP contribution in [0.25, 0.3) is 0 Å². The molecule has 0 aromatic rings. The van der Waals surface area contributed by atoms with Crippen LogP contribution in [0.3, 0.4) is 0 Å². The minimum absolute atomic E-state index is 0.240. The number of unbranched alkanes of at least 4 members (excludes halogenated alkanes) is 4. The van der Waals surface area contributed by atoms with Crippen LogP contribution in [0.15, 0.2) is 12.7 Å². The van der Waals surface area contributed by atoms with E-state index in [-0.39, 0.29) is 5.91 Å². The lowest BCUT2D eigenvalue weighted by molar-refractivity contribution is -0.128. The van der Waals surface area contributed by atoms with Gasteiger partial charge in [0, 0.05) is 20.5 Å². The van der Waals surface area contributed by atoms with Crippen molar-refractivity contribution in [2.24, 2.45) is 0 Å². The van der Waals surface area contributed by atoms with Gasteiger partial charge >= 0.3 is 0 Å². The average molecular weight is 183 g/mol. The van der Waals surface area contributed by atoms with Crippen LogP contribution in [0.1, 0.15) is 38.5 Å². The highest BCUT2D eigenvalue weighted by Crippen LogP contribution is 2.06. The number of allylic oxidation sites excluding steroid dienone is 1. The van der Waals surface area contributed by atoms with E-state index < -0.39 is 0 Å². The highest BCUT2D eigenvalue weighted by molar-refractivity contribution is 5.75. The Bertz CT molecular complexity index is 152. The molecule has 0 bridgehead atoms. The smallest absolute Gasteiger partial charge is 0.222 e. The van der Waals surface area contributed by atoms with E-state index in [2.05, 4.69) is 6.58 Å². The van der Waals surface area contributed by atoms with E-state index in [1.165, 1.54) is 12.8 Å². The van der Waals surface area contributed by atoms with Crippen molar-refractivity contribution in [2.45, 2.75) is 38.5 Å². The molecule has 0 aromatic carbocycles. The Morgan fingerprint density at radius 1 is 1.23 bits per heavy atom. The van der Waals surface area contributed by atoms with E-state index in [1.54, 1.807) is 19.0 Å². The lowest BCUT2D eigenvalue weighted by Gasteiger charge is -2.09. The fraction of sp³-hybridized carbons (Fsp3) is 0.727. The quantitative estimate of drug-likeness (QED) is 0.439. The van der Waals surface area contributed by atoms with E-state index in [0.717, 1.165) is 19.3 Å². The van der Waals surface area contributed by atoms with Crippen molar-refractivity contribution in [3.63, 3.8) is 0 Å². The normalized spacial score (nSPS) is 9.69. The van der Waals surface area contributed by atoms with Crippen molar-refractivity contribution >= 4 is 5.91 Å². The molecular weight excluding hydrogens is 162 g/mol. The Labute approximate surface area is 81.6 Å². The standard InChI is InChI=1S/C11H21NO/c1-4-5-6-7-8-9-10-11(13)12(2)3/h4H,1,5-10H2,2-3H3. The van der Waals surface area contributed by atoms with Gasteiger partial charge in [-0.1, -0.05) is 18.9 Å². The maximum atomic E-state index is 11.1. The van der Waals surface area contributed by atoms with Gasteiger partial charge in [0.25, 0.3) is 0 Å². The highest BCUT2D eigenvalue weighted by Gasteiger charge is 2.01. The van der Waals surface area contributed by atoms with Gasteiger partial charge in [-0.25, -0.2) is 0 Å². The van der Waals surface area contributed by atoms with Crippen molar-refractivity contribution in [3.05, 3.63) is 12.7 Å². The predicted octanol–water partition coefficient (Wildman–Crippen LogP) is 2.60. The van der Waals surface area contributed by atoms with Crippen LogP contribution in [0.5, 0.6) is 0 Å². The Morgan fingerprint density at radius 3 is 2.38 bits per heavy atom. The molecule has 2 nitrogen and oxygen atoms in total. The summed E-state index contributed by atoms with van der Waals surface area (Å²) in [5.41, 5.74) is 0. The van der Waals surface area contributed by atoms with E-state index in [9.17, 15) is 4.79 Å². The molecule has 0 aliphatic rings. The van der Waals surface area contributed by atoms with Crippen LogP contribution in [0.4, 0.5) is 0 Å². The maximum Gasteiger partial charge on any atom is 0.222 e. The van der Waals surface area contributed by atoms with Gasteiger partial charge in [0.05, 0.1) is 0 Å². The van der Waals surface area contributed by atoms with Crippen molar-refractivity contribution in [3.8, 4) is 0 Å². The van der Waals surface area contributed by atoms with E-state index in [4.69, 9.17) is 0 Å². The number of rotatable bonds is 7. The van der Waals surface area contributed by atoms with Gasteiger partial charge < -0.3 is 4.90 Å². The zero-order valence-electron chi connectivity index (χ0n) is 8.88. The number of nitrogens with zero attached hydrogens (tertiary/aromatic N) is 1. The summed E-state index contributed by atoms with van der Waals surface area (Å²) in [7, 11) is 3.61. The molecule has 0 saturated carbocycles. The molecule has 0 N–H and O–H groups in total. The Morgan fingerprint density at radius 2 is 1.85 bits per heavy atom. The Hall–Kier alpha value is -0.790. The molecule has 76 valence electrons. The average Bonchev–Trinajstić information content (AvgIpc) is 2.10. The first-order valence-electron chi connectivity index (χ1n) is 4.99. The first kappa shape index (κ1) is 12.2. The molecule has 0 saturated heterocycles. The second-order valence-corrected chi connectivity index (χ2v) is 3.53. The number of amides is 1. The third kappa shape index (κ3) is 7.57. The first-order valence-corrected chi connectivity index (χ1v) is 4.99. The van der Waals surface area contributed by atoms with Gasteiger partial charge in [-0.15, -0.1) is 6.58 Å². The molecule has 0 heterocycles. The molecule has 13 heavy (non-hydrogen) atoms. The van der Waals surface area contributed by atoms with Crippen LogP contribution >= 0.6 is 0 Å². The van der Waals surface area contributed by atoms with E-state index in [1.807, 2.05) is 6.08 Å². The summed E-state index contributed by atoms with van der Waals surface area (Å²) in [5.74, 6) is 0.240. The molecule has 0 spiro atoms. The third-order valence-electron chi connectivity index (χ3n) is 2.05. The summed E-state index contributed by atoms with van der Waals surface area (Å²) in [6.07, 6.45) is 8.35. The van der Waals surface area contributed by atoms with Gasteiger partial charge in [0.2, 0.25) is 5.91 Å². The summed E-state index contributed by atoms with van der Waals surface area (Å²) < 4.78 is 0. The molecule has 2 heteroatoms. The second kappa shape index (κ2) is 7.84. The number of carbonyl (C=O) groups is 1. The van der Waals surface area contributed by atoms with Crippen LogP contribution in [-0.4, -0.2) is 24.9 Å². The molecular formula is C11H21NO. The van der Waals surface area contributed by atoms with Gasteiger partial charge in [-0.3, -0.25) is 4.79 Å². The predicted molar refractivity (Wildman–Crippen MR) is 56.6 cm³/mol. The molecule has 0 radical (unpaired) electrons. The van der Waals surface area contributed by atoms with Crippen LogP contribution < -0.4 is 0 Å². The molecule has 0 fully saturated rings. The van der Waals surface area contributed by atoms with Crippen LogP contribution in [0.2, 0.25) is 0 Å². The summed E-state index contributed by atoms with van der Waals surface area (Å²) in [5, 5.41) is 0. The summed E-state index contributed by atoms with van der Waals surface area (Å²) in [4.78, 5) is 12.8. The number of carbonyl (C=O) groups excluding carboxylic acids is 1. The van der Waals surface area contributed by atoms with Crippen molar-refractivity contribution in [1.82, 2.24) is 4.90 Å². The largest absolute Gasteiger partial charge is 0.349 e. The van der Waals surface area contributed by atoms with Crippen molar-refractivity contribution in [2.75, 3.05) is 14.1 Å². The maximum absolute atomic E-state index is 11.1. The summed E-state index contributed by atoms with van der Waals surface area (Å²) >= 11 is 0. The van der Waals surface area contributed by atoms with Gasteiger partial charge in [0.1, 0.15) is 0 Å². The number of hydrogen-bond acceptors (Lipinski definition) is 1. The molecule has 0 aliphatic carbocycles. The number of hydrogen-bond donors (Lipinski definition) is 0. The Kier molecular flexibility index (Phi) is 7.36. The second-order valence-electron chi connectivity index (χ2n) is 3.53. The topological polar surface area (TPSA) is 20.3 Å². The molecule has 0 aliphatic heterocycles. The minimum atomic E-state index is 0.240. The summed E-state index contributed by atoms with van der Waals surface area (Å²) in [6, 6.07) is 0. The van der Waals surface area contributed by atoms with Crippen molar-refractivity contribution in [1.29, 1.82) is 0 Å². The van der Waals surface area contributed by atoms with Crippen LogP contribution in [0, 0.1) is 0 Å². The minimum Gasteiger partial charge on any atom is -0.349 e. The lowest BCUT2D eigenvalue weighted by Crippen LogP contribution is -2.20. The third-order valence-corrected chi connectivity index (χ3v) is 2.05. The van der Waals surface area contributed by atoms with Crippen molar-refractivity contribution < 1.29 is 4.79 Å². The highest BCUT2D eigenvalue weighted by atomic mass is 16.2. The molecule has 0 unspecified atom stereocenters. The lowest BCUT2D eigenvalue weighted by atomic mass is 10.1. The van der Waals surface area contributed by atoms with E-state index in [0.29, 0.717) is 6.42 Å². The monoisotopic (exact) mass is 183 g/mol. The SMILES string of the molecule is C=CCCCCCCC(=O)N(C)C. The van der Waals surface area contributed by atoms with Crippen LogP contribution in [-0.2, 0) is 4.79 Å². The molecule has 0 atom stereocenters. The van der Waals surface area contributed by atoms with Gasteiger partial charge in [-0.2, -0.15) is 0 Å². The van der Waals surface area contributed by atoms with E-state index >= 15 is 0 Å². The zero-order valence-corrected chi connectivity index (χ0v) is 8.88. The molecule has 0 aromatic heterocycles. The Balaban J connectivity index is 3.16. The summed E-state index contributed by atoms with van der Waals surface area (Å²) in [6.45, 7) is 3.67. The zero-order chi connectivity index (χ0) is 10.1. The fourth-order valence-electron chi connectivity index (χ4n) is 1.14.